The predicted molar refractivity (Wildman–Crippen MR) is 149 cm³/mol. The average molecular weight is 602 g/mol. The molecule has 226 valence electrons. The Balaban J connectivity index is 1.36. The summed E-state index contributed by atoms with van der Waals surface area (Å²) in [6.07, 6.45) is -1.34. The number of hydrogen-bond acceptors (Lipinski definition) is 8. The summed E-state index contributed by atoms with van der Waals surface area (Å²) in [5.41, 5.74) is 0.381. The summed E-state index contributed by atoms with van der Waals surface area (Å²) < 4.78 is 71.6. The molecule has 2 aromatic carbocycles. The number of pyridine rings is 1. The molecule has 4 aromatic rings. The normalized spacial score (nSPS) is 15.3. The van der Waals surface area contributed by atoms with Gasteiger partial charge in [0.1, 0.15) is 5.75 Å². The first-order valence-electron chi connectivity index (χ1n) is 13.2. The van der Waals surface area contributed by atoms with Crippen LogP contribution in [0.15, 0.2) is 53.6 Å². The zero-order valence-electron chi connectivity index (χ0n) is 23.4. The standard InChI is InChI=1S/C29H27F4N5O5/c1-37-26(39)19(14-35-28(37)36-17-5-4-10-38(15-17)27(40)29(31,32)33)16-6-7-23(20(30)11-16)43-22-8-9-34-21-13-25(42-3)24(41-2)12-18(21)22/h6-9,11-14,17H,4-5,10,15H2,1-3H3,(H,35,36). The molecule has 1 aliphatic heterocycles. The molecule has 3 heterocycles. The zero-order valence-corrected chi connectivity index (χ0v) is 23.4. The van der Waals surface area contributed by atoms with E-state index in [1.807, 2.05) is 0 Å². The second kappa shape index (κ2) is 11.8. The molecule has 1 aliphatic rings. The highest BCUT2D eigenvalue weighted by atomic mass is 19.4. The second-order valence-corrected chi connectivity index (χ2v) is 9.87. The first-order valence-corrected chi connectivity index (χ1v) is 13.2. The minimum atomic E-state index is -4.96. The summed E-state index contributed by atoms with van der Waals surface area (Å²) >= 11 is 0. The summed E-state index contributed by atoms with van der Waals surface area (Å²) in [7, 11) is 4.43. The fraction of sp³-hybridized carbons (Fsp3) is 0.310. The van der Waals surface area contributed by atoms with E-state index in [0.29, 0.717) is 41.0 Å². The van der Waals surface area contributed by atoms with Crippen molar-refractivity contribution in [2.24, 2.45) is 7.05 Å². The number of nitrogens with zero attached hydrogens (tertiary/aromatic N) is 4. The van der Waals surface area contributed by atoms with E-state index in [9.17, 15) is 22.8 Å². The van der Waals surface area contributed by atoms with Crippen molar-refractivity contribution in [3.63, 3.8) is 0 Å². The molecule has 1 saturated heterocycles. The van der Waals surface area contributed by atoms with Gasteiger partial charge in [0.25, 0.3) is 5.56 Å². The van der Waals surface area contributed by atoms with Crippen molar-refractivity contribution in [3.8, 4) is 34.1 Å². The van der Waals surface area contributed by atoms with Crippen molar-refractivity contribution in [1.82, 2.24) is 19.4 Å². The predicted octanol–water partition coefficient (Wildman–Crippen LogP) is 4.91. The number of piperidine rings is 1. The van der Waals surface area contributed by atoms with Crippen LogP contribution in [0.5, 0.6) is 23.0 Å². The number of benzene rings is 2. The third-order valence-corrected chi connectivity index (χ3v) is 7.12. The molecule has 0 saturated carbocycles. The van der Waals surface area contributed by atoms with E-state index < -0.39 is 29.5 Å². The molecule has 0 spiro atoms. The quantitative estimate of drug-likeness (QED) is 0.298. The van der Waals surface area contributed by atoms with Gasteiger partial charge in [-0.1, -0.05) is 6.07 Å². The first kappa shape index (κ1) is 29.6. The molecule has 0 bridgehead atoms. The number of anilines is 1. The number of fused-ring (bicyclic) bond motifs is 1. The lowest BCUT2D eigenvalue weighted by Crippen LogP contribution is -2.50. The first-order chi connectivity index (χ1) is 20.5. The van der Waals surface area contributed by atoms with Crippen LogP contribution in [0.4, 0.5) is 23.5 Å². The molecular formula is C29H27F4N5O5. The molecule has 0 radical (unpaired) electrons. The number of methoxy groups -OCH3 is 2. The van der Waals surface area contributed by atoms with Gasteiger partial charge in [-0.05, 0) is 42.7 Å². The molecule has 0 aliphatic carbocycles. The number of halogens is 4. The van der Waals surface area contributed by atoms with Gasteiger partial charge in [-0.15, -0.1) is 0 Å². The van der Waals surface area contributed by atoms with Gasteiger partial charge in [-0.2, -0.15) is 13.2 Å². The molecule has 5 rings (SSSR count). The largest absolute Gasteiger partial charge is 0.493 e. The van der Waals surface area contributed by atoms with Gasteiger partial charge in [-0.3, -0.25) is 19.1 Å². The number of carbonyl (C=O) groups excluding carboxylic acids is 1. The monoisotopic (exact) mass is 601 g/mol. The Hall–Kier alpha value is -4.88. The van der Waals surface area contributed by atoms with Crippen molar-refractivity contribution in [2.45, 2.75) is 25.1 Å². The van der Waals surface area contributed by atoms with E-state index in [1.165, 1.54) is 50.4 Å². The van der Waals surface area contributed by atoms with E-state index in [0.717, 1.165) is 11.0 Å². The number of nitrogens with one attached hydrogen (secondary N) is 1. The van der Waals surface area contributed by atoms with Gasteiger partial charge in [0.15, 0.2) is 23.1 Å². The number of rotatable bonds is 7. The minimum absolute atomic E-state index is 0.00653. The Morgan fingerprint density at radius 2 is 1.77 bits per heavy atom. The molecule has 14 heteroatoms. The molecule has 1 fully saturated rings. The number of aromatic nitrogens is 3. The van der Waals surface area contributed by atoms with Gasteiger partial charge in [-0.25, -0.2) is 9.37 Å². The third-order valence-electron chi connectivity index (χ3n) is 7.12. The summed E-state index contributed by atoms with van der Waals surface area (Å²) in [5.74, 6) is -1.37. The summed E-state index contributed by atoms with van der Waals surface area (Å²) in [4.78, 5) is 34.1. The van der Waals surface area contributed by atoms with E-state index in [2.05, 4.69) is 15.3 Å². The third kappa shape index (κ3) is 6.03. The SMILES string of the molecule is COc1cc2nccc(Oc3ccc(-c4cnc(NC5CCCN(C(=O)C(F)(F)F)C5)n(C)c4=O)cc3F)c2cc1OC. The van der Waals surface area contributed by atoms with E-state index in [4.69, 9.17) is 14.2 Å². The fourth-order valence-corrected chi connectivity index (χ4v) is 4.92. The zero-order chi connectivity index (χ0) is 30.9. The molecule has 10 nitrogen and oxygen atoms in total. The van der Waals surface area contributed by atoms with E-state index in [-0.39, 0.29) is 35.9 Å². The van der Waals surface area contributed by atoms with Crippen LogP contribution in [0, 0.1) is 5.82 Å². The van der Waals surface area contributed by atoms with Crippen LogP contribution in [-0.4, -0.2) is 64.9 Å². The van der Waals surface area contributed by atoms with Gasteiger partial charge >= 0.3 is 12.1 Å². The maximum Gasteiger partial charge on any atom is 0.471 e. The second-order valence-electron chi connectivity index (χ2n) is 9.87. The van der Waals surface area contributed by atoms with Crippen molar-refractivity contribution in [1.29, 1.82) is 0 Å². The number of amides is 1. The molecule has 2 aromatic heterocycles. The van der Waals surface area contributed by atoms with Crippen LogP contribution in [0.25, 0.3) is 22.0 Å². The van der Waals surface area contributed by atoms with E-state index in [1.54, 1.807) is 18.2 Å². The Labute approximate surface area is 242 Å². The van der Waals surface area contributed by atoms with Crippen molar-refractivity contribution in [2.75, 3.05) is 32.6 Å². The summed E-state index contributed by atoms with van der Waals surface area (Å²) in [6.45, 7) is -0.191. The summed E-state index contributed by atoms with van der Waals surface area (Å²) in [5, 5.41) is 3.52. The lowest BCUT2D eigenvalue weighted by atomic mass is 10.1. The van der Waals surface area contributed by atoms with Gasteiger partial charge in [0, 0.05) is 50.0 Å². The molecule has 1 atom stereocenters. The highest BCUT2D eigenvalue weighted by Gasteiger charge is 2.43. The van der Waals surface area contributed by atoms with Crippen LogP contribution < -0.4 is 25.1 Å². The van der Waals surface area contributed by atoms with Crippen LogP contribution in [0.2, 0.25) is 0 Å². The molecular weight excluding hydrogens is 574 g/mol. The topological polar surface area (TPSA) is 108 Å². The van der Waals surface area contributed by atoms with Crippen molar-refractivity contribution >= 4 is 22.8 Å². The molecule has 1 amide bonds. The lowest BCUT2D eigenvalue weighted by Gasteiger charge is -2.33. The molecule has 1 unspecified atom stereocenters. The van der Waals surface area contributed by atoms with Gasteiger partial charge in [0.05, 0.1) is 25.3 Å². The maximum atomic E-state index is 15.3. The minimum Gasteiger partial charge on any atom is -0.493 e. The number of carbonyl (C=O) groups is 1. The Morgan fingerprint density at radius 3 is 2.47 bits per heavy atom. The molecule has 43 heavy (non-hydrogen) atoms. The van der Waals surface area contributed by atoms with Crippen LogP contribution in [0.1, 0.15) is 12.8 Å². The highest BCUT2D eigenvalue weighted by Crippen LogP contribution is 2.37. The van der Waals surface area contributed by atoms with Gasteiger partial charge in [0.2, 0.25) is 5.95 Å². The Kier molecular flexibility index (Phi) is 8.11. The smallest absolute Gasteiger partial charge is 0.471 e. The van der Waals surface area contributed by atoms with Crippen molar-refractivity contribution in [3.05, 3.63) is 65.0 Å². The van der Waals surface area contributed by atoms with Crippen LogP contribution in [-0.2, 0) is 11.8 Å². The van der Waals surface area contributed by atoms with Gasteiger partial charge < -0.3 is 24.4 Å². The fourth-order valence-electron chi connectivity index (χ4n) is 4.92. The van der Waals surface area contributed by atoms with Crippen molar-refractivity contribution < 1.29 is 36.6 Å². The highest BCUT2D eigenvalue weighted by molar-refractivity contribution is 5.88. The number of likely N-dealkylation sites (tertiary alicyclic amines) is 1. The number of hydrogen-bond donors (Lipinski definition) is 1. The Morgan fingerprint density at radius 1 is 1.02 bits per heavy atom. The Bertz CT molecular complexity index is 1740. The number of alkyl halides is 3. The maximum absolute atomic E-state index is 15.3. The number of ether oxygens (including phenoxy) is 3. The van der Waals surface area contributed by atoms with Crippen LogP contribution in [0.3, 0.4) is 0 Å². The van der Waals surface area contributed by atoms with Crippen LogP contribution >= 0.6 is 0 Å². The van der Waals surface area contributed by atoms with E-state index >= 15 is 4.39 Å². The summed E-state index contributed by atoms with van der Waals surface area (Å²) in [6, 6.07) is 8.44. The average Bonchev–Trinajstić information content (AvgIpc) is 2.99. The molecule has 1 N–H and O–H groups in total. The lowest BCUT2D eigenvalue weighted by molar-refractivity contribution is -0.186.